The average molecular weight is 345 g/mol. The van der Waals surface area contributed by atoms with Crippen LogP contribution in [-0.4, -0.2) is 26.2 Å². The molecule has 1 heterocycles. The molecule has 2 N–H and O–H groups in total. The number of fused-ring (bicyclic) bond motifs is 2. The summed E-state index contributed by atoms with van der Waals surface area (Å²) in [5.41, 5.74) is 12.8. The highest BCUT2D eigenvalue weighted by molar-refractivity contribution is 5.85. The van der Waals surface area contributed by atoms with Gasteiger partial charge in [0.15, 0.2) is 0 Å². The van der Waals surface area contributed by atoms with Gasteiger partial charge in [-0.1, -0.05) is 0 Å². The van der Waals surface area contributed by atoms with Gasteiger partial charge in [-0.05, 0) is 36.4 Å². The first kappa shape index (κ1) is 16.1. The van der Waals surface area contributed by atoms with E-state index >= 15 is 0 Å². The van der Waals surface area contributed by atoms with E-state index in [-0.39, 0.29) is 0 Å². The molecule has 0 radical (unpaired) electrons. The number of ether oxygens (including phenoxy) is 1. The van der Waals surface area contributed by atoms with Crippen LogP contribution in [0.1, 0.15) is 0 Å². The van der Waals surface area contributed by atoms with E-state index in [1.54, 1.807) is 7.11 Å². The first-order valence-corrected chi connectivity index (χ1v) is 8.43. The van der Waals surface area contributed by atoms with E-state index in [0.29, 0.717) is 5.69 Å². The summed E-state index contributed by atoms with van der Waals surface area (Å²) in [6, 6.07) is 20.1. The van der Waals surface area contributed by atoms with Gasteiger partial charge in [-0.15, -0.1) is 4.57 Å². The summed E-state index contributed by atoms with van der Waals surface area (Å²) in [5.74, 6) is 0.825. The summed E-state index contributed by atoms with van der Waals surface area (Å²) in [7, 11) is 5.74. The van der Waals surface area contributed by atoms with Crippen LogP contribution in [0.4, 0.5) is 11.4 Å². The molecule has 0 atom stereocenters. The molecule has 0 bridgehead atoms. The zero-order valence-electron chi connectivity index (χ0n) is 15.1. The SMILES string of the molecule is COc1ccc(-[n+]2c3cc(N)ccc3nc3ccc(N(C)C)cc32)cc1. The smallest absolute Gasteiger partial charge is 0.239 e. The lowest BCUT2D eigenvalue weighted by Gasteiger charge is -2.13. The third-order valence-corrected chi connectivity index (χ3v) is 4.53. The Morgan fingerprint density at radius 3 is 2.19 bits per heavy atom. The second-order valence-corrected chi connectivity index (χ2v) is 6.46. The molecule has 0 unspecified atom stereocenters. The molecule has 0 aliphatic carbocycles. The number of benzene rings is 3. The van der Waals surface area contributed by atoms with E-state index < -0.39 is 0 Å². The third kappa shape index (κ3) is 2.67. The predicted molar refractivity (Wildman–Crippen MR) is 106 cm³/mol. The summed E-state index contributed by atoms with van der Waals surface area (Å²) >= 11 is 0. The standard InChI is InChI=1S/C21H20N4O/c1-24(2)16-7-11-19-21(13-16)25(15-5-8-17(26-3)9-6-15)20-12-14(22)4-10-18(20)23-19/h4-13,22H,1-3H3/p+1. The molecule has 0 fully saturated rings. The van der Waals surface area contributed by atoms with Gasteiger partial charge in [-0.25, -0.2) is 4.98 Å². The van der Waals surface area contributed by atoms with Gasteiger partial charge in [-0.2, -0.15) is 0 Å². The molecule has 130 valence electrons. The first-order chi connectivity index (χ1) is 12.6. The fraction of sp³-hybridized carbons (Fsp3) is 0.143. The monoisotopic (exact) mass is 345 g/mol. The van der Waals surface area contributed by atoms with Crippen molar-refractivity contribution in [2.24, 2.45) is 0 Å². The van der Waals surface area contributed by atoms with Crippen molar-refractivity contribution in [3.63, 3.8) is 0 Å². The van der Waals surface area contributed by atoms with Crippen LogP contribution in [0.5, 0.6) is 5.75 Å². The Bertz CT molecular complexity index is 1100. The van der Waals surface area contributed by atoms with Crippen molar-refractivity contribution in [3.8, 4) is 11.4 Å². The van der Waals surface area contributed by atoms with Crippen LogP contribution >= 0.6 is 0 Å². The van der Waals surface area contributed by atoms with Crippen molar-refractivity contribution >= 4 is 33.4 Å². The maximum absolute atomic E-state index is 6.07. The predicted octanol–water partition coefficient (Wildman–Crippen LogP) is 3.32. The Morgan fingerprint density at radius 1 is 0.885 bits per heavy atom. The molecular formula is C21H21N4O+. The Balaban J connectivity index is 2.11. The van der Waals surface area contributed by atoms with Crippen LogP contribution < -0.4 is 19.9 Å². The van der Waals surface area contributed by atoms with Gasteiger partial charge in [0.25, 0.3) is 0 Å². The lowest BCUT2D eigenvalue weighted by molar-refractivity contribution is -0.538. The molecule has 0 saturated heterocycles. The minimum atomic E-state index is 0.713. The maximum atomic E-state index is 6.07. The van der Waals surface area contributed by atoms with Gasteiger partial charge in [0.2, 0.25) is 16.7 Å². The number of methoxy groups -OCH3 is 1. The van der Waals surface area contributed by atoms with Crippen LogP contribution in [0.15, 0.2) is 60.7 Å². The van der Waals surface area contributed by atoms with Gasteiger partial charge >= 0.3 is 0 Å². The summed E-state index contributed by atoms with van der Waals surface area (Å²) in [5, 5.41) is 0. The molecule has 1 aromatic heterocycles. The zero-order chi connectivity index (χ0) is 18.3. The van der Waals surface area contributed by atoms with Crippen LogP contribution in [-0.2, 0) is 0 Å². The van der Waals surface area contributed by atoms with Gasteiger partial charge < -0.3 is 15.4 Å². The number of hydrogen-bond donors (Lipinski definition) is 1. The molecule has 0 aliphatic rings. The van der Waals surface area contributed by atoms with E-state index in [9.17, 15) is 0 Å². The molecule has 26 heavy (non-hydrogen) atoms. The topological polar surface area (TPSA) is 55.3 Å². The molecule has 4 aromatic rings. The first-order valence-electron chi connectivity index (χ1n) is 8.43. The summed E-state index contributed by atoms with van der Waals surface area (Å²) in [4.78, 5) is 6.90. The average Bonchev–Trinajstić information content (AvgIpc) is 2.66. The van der Waals surface area contributed by atoms with E-state index in [1.807, 2.05) is 56.6 Å². The van der Waals surface area contributed by atoms with Gasteiger partial charge in [-0.3, -0.25) is 0 Å². The number of nitrogens with two attached hydrogens (primary N) is 1. The fourth-order valence-corrected chi connectivity index (χ4v) is 3.15. The molecule has 0 spiro atoms. The molecule has 0 saturated carbocycles. The molecule has 0 amide bonds. The Kier molecular flexibility index (Phi) is 3.84. The van der Waals surface area contributed by atoms with Crippen molar-refractivity contribution in [2.45, 2.75) is 0 Å². The number of nitrogen functional groups attached to an aromatic ring is 1. The number of nitrogens with zero attached hydrogens (tertiary/aromatic N) is 3. The van der Waals surface area contributed by atoms with E-state index in [0.717, 1.165) is 39.2 Å². The Hall–Kier alpha value is -3.34. The van der Waals surface area contributed by atoms with Crippen molar-refractivity contribution < 1.29 is 9.30 Å². The molecule has 4 rings (SSSR count). The second-order valence-electron chi connectivity index (χ2n) is 6.46. The number of rotatable bonds is 3. The summed E-state index contributed by atoms with van der Waals surface area (Å²) in [6.07, 6.45) is 0. The van der Waals surface area contributed by atoms with E-state index in [4.69, 9.17) is 15.5 Å². The molecule has 5 nitrogen and oxygen atoms in total. The lowest BCUT2D eigenvalue weighted by atomic mass is 10.2. The van der Waals surface area contributed by atoms with Crippen molar-refractivity contribution in [1.29, 1.82) is 0 Å². The highest BCUT2D eigenvalue weighted by atomic mass is 16.5. The molecule has 0 aliphatic heterocycles. The van der Waals surface area contributed by atoms with Crippen LogP contribution in [0.25, 0.3) is 27.8 Å². The maximum Gasteiger partial charge on any atom is 0.239 e. The normalized spacial score (nSPS) is 11.0. The van der Waals surface area contributed by atoms with Crippen LogP contribution in [0.3, 0.4) is 0 Å². The van der Waals surface area contributed by atoms with Gasteiger partial charge in [0.05, 0.1) is 7.11 Å². The van der Waals surface area contributed by atoms with Crippen LogP contribution in [0, 0.1) is 0 Å². The second kappa shape index (κ2) is 6.19. The van der Waals surface area contributed by atoms with Crippen LogP contribution in [0.2, 0.25) is 0 Å². The largest absolute Gasteiger partial charge is 0.497 e. The Morgan fingerprint density at radius 2 is 1.54 bits per heavy atom. The van der Waals surface area contributed by atoms with Crippen molar-refractivity contribution in [2.75, 3.05) is 31.8 Å². The highest BCUT2D eigenvalue weighted by Crippen LogP contribution is 2.23. The fourth-order valence-electron chi connectivity index (χ4n) is 3.15. The van der Waals surface area contributed by atoms with E-state index in [2.05, 4.69) is 27.7 Å². The highest BCUT2D eigenvalue weighted by Gasteiger charge is 2.20. The quantitative estimate of drug-likeness (QED) is 0.352. The Labute approximate surface area is 152 Å². The summed E-state index contributed by atoms with van der Waals surface area (Å²) in [6.45, 7) is 0. The summed E-state index contributed by atoms with van der Waals surface area (Å²) < 4.78 is 7.50. The minimum Gasteiger partial charge on any atom is -0.497 e. The van der Waals surface area contributed by atoms with Gasteiger partial charge in [0, 0.05) is 49.7 Å². The molecular weight excluding hydrogens is 324 g/mol. The number of aromatic nitrogens is 2. The molecule has 5 heteroatoms. The van der Waals surface area contributed by atoms with Gasteiger partial charge in [0.1, 0.15) is 16.8 Å². The lowest BCUT2D eigenvalue weighted by Crippen LogP contribution is -2.33. The number of hydrogen-bond acceptors (Lipinski definition) is 4. The number of anilines is 2. The van der Waals surface area contributed by atoms with E-state index in [1.165, 1.54) is 0 Å². The van der Waals surface area contributed by atoms with Crippen molar-refractivity contribution in [1.82, 2.24) is 4.98 Å². The zero-order valence-corrected chi connectivity index (χ0v) is 15.1. The minimum absolute atomic E-state index is 0.713. The molecule has 3 aromatic carbocycles. The third-order valence-electron chi connectivity index (χ3n) is 4.53. The van der Waals surface area contributed by atoms with Crippen molar-refractivity contribution in [3.05, 3.63) is 60.7 Å².